The number of nitrogens with two attached hydrogens (primary N) is 1. The maximum Gasteiger partial charge on any atom is 0.246 e. The molecule has 1 aliphatic rings. The number of aryl methyl sites for hydroxylation is 2. The Labute approximate surface area is 129 Å². The molecule has 124 valence electrons. The predicted molar refractivity (Wildman–Crippen MR) is 79.5 cm³/mol. The number of aromatic nitrogens is 1. The Morgan fingerprint density at radius 1 is 1.45 bits per heavy atom. The molecule has 1 heterocycles. The van der Waals surface area contributed by atoms with Crippen molar-refractivity contribution in [1.29, 1.82) is 0 Å². The fraction of sp³-hybridized carbons (Fsp3) is 0.692. The first-order valence-corrected chi connectivity index (χ1v) is 8.69. The SMILES string of the molecule is Cc1noc(C)c1S(=O)(=O)NC(C)C(=O)NCC(N)C1CC1. The monoisotopic (exact) mass is 330 g/mol. The molecule has 1 fully saturated rings. The normalized spacial score (nSPS) is 18.0. The van der Waals surface area contributed by atoms with E-state index in [2.05, 4.69) is 15.2 Å². The third kappa shape index (κ3) is 3.84. The molecule has 1 aliphatic carbocycles. The standard InChI is InChI=1S/C13H22N4O4S/c1-7-12(9(3)21-16-7)22(19,20)17-8(2)13(18)15-6-11(14)10-4-5-10/h8,10-11,17H,4-6,14H2,1-3H3,(H,15,18). The van der Waals surface area contributed by atoms with Gasteiger partial charge in [-0.25, -0.2) is 8.42 Å². The van der Waals surface area contributed by atoms with Gasteiger partial charge in [0.15, 0.2) is 5.76 Å². The molecule has 2 rings (SSSR count). The molecule has 1 saturated carbocycles. The van der Waals surface area contributed by atoms with Gasteiger partial charge in [0.1, 0.15) is 10.6 Å². The number of hydrogen-bond donors (Lipinski definition) is 3. The molecule has 0 aromatic carbocycles. The highest BCUT2D eigenvalue weighted by molar-refractivity contribution is 7.89. The predicted octanol–water partition coefficient (Wildman–Crippen LogP) is -0.188. The van der Waals surface area contributed by atoms with Crippen molar-refractivity contribution in [3.05, 3.63) is 11.5 Å². The maximum atomic E-state index is 12.3. The van der Waals surface area contributed by atoms with Gasteiger partial charge < -0.3 is 15.6 Å². The van der Waals surface area contributed by atoms with Gasteiger partial charge in [-0.2, -0.15) is 4.72 Å². The summed E-state index contributed by atoms with van der Waals surface area (Å²) in [6.07, 6.45) is 2.18. The minimum absolute atomic E-state index is 0.0261. The van der Waals surface area contributed by atoms with Gasteiger partial charge in [-0.15, -0.1) is 0 Å². The summed E-state index contributed by atoms with van der Waals surface area (Å²) in [7, 11) is -3.86. The number of nitrogens with one attached hydrogen (secondary N) is 2. The first-order chi connectivity index (χ1) is 10.2. The molecule has 1 aromatic rings. The molecule has 2 unspecified atom stereocenters. The summed E-state index contributed by atoms with van der Waals surface area (Å²) in [5.74, 6) is 0.245. The van der Waals surface area contributed by atoms with E-state index in [0.717, 1.165) is 12.8 Å². The van der Waals surface area contributed by atoms with E-state index in [1.54, 1.807) is 0 Å². The van der Waals surface area contributed by atoms with Crippen LogP contribution in [-0.4, -0.2) is 38.1 Å². The lowest BCUT2D eigenvalue weighted by atomic mass is 10.2. The molecule has 22 heavy (non-hydrogen) atoms. The van der Waals surface area contributed by atoms with Crippen LogP contribution in [0.1, 0.15) is 31.2 Å². The average molecular weight is 330 g/mol. The van der Waals surface area contributed by atoms with E-state index in [0.29, 0.717) is 12.5 Å². The number of carbonyl (C=O) groups excluding carboxylic acids is 1. The van der Waals surface area contributed by atoms with Crippen LogP contribution < -0.4 is 15.8 Å². The number of sulfonamides is 1. The second kappa shape index (κ2) is 6.35. The summed E-state index contributed by atoms with van der Waals surface area (Å²) >= 11 is 0. The molecule has 0 spiro atoms. The number of amides is 1. The fourth-order valence-corrected chi connectivity index (χ4v) is 3.80. The van der Waals surface area contributed by atoms with Gasteiger partial charge >= 0.3 is 0 Å². The molecular weight excluding hydrogens is 308 g/mol. The van der Waals surface area contributed by atoms with E-state index in [9.17, 15) is 13.2 Å². The lowest BCUT2D eigenvalue weighted by molar-refractivity contribution is -0.122. The molecule has 0 aliphatic heterocycles. The summed E-state index contributed by atoms with van der Waals surface area (Å²) in [5.41, 5.74) is 6.16. The summed E-state index contributed by atoms with van der Waals surface area (Å²) in [5, 5.41) is 6.28. The zero-order chi connectivity index (χ0) is 16.5. The fourth-order valence-electron chi connectivity index (χ4n) is 2.27. The van der Waals surface area contributed by atoms with Gasteiger partial charge in [0.2, 0.25) is 15.9 Å². The highest BCUT2D eigenvalue weighted by Gasteiger charge is 2.30. The molecule has 0 radical (unpaired) electrons. The van der Waals surface area contributed by atoms with Crippen LogP contribution in [0.4, 0.5) is 0 Å². The highest BCUT2D eigenvalue weighted by atomic mass is 32.2. The van der Waals surface area contributed by atoms with Crippen molar-refractivity contribution in [2.24, 2.45) is 11.7 Å². The third-order valence-corrected chi connectivity index (χ3v) is 5.49. The van der Waals surface area contributed by atoms with E-state index in [-0.39, 0.29) is 22.4 Å². The van der Waals surface area contributed by atoms with Gasteiger partial charge in [-0.05, 0) is 39.5 Å². The number of nitrogens with zero attached hydrogens (tertiary/aromatic N) is 1. The molecule has 1 aromatic heterocycles. The molecular formula is C13H22N4O4S. The van der Waals surface area contributed by atoms with E-state index in [4.69, 9.17) is 10.3 Å². The number of carbonyl (C=O) groups is 1. The van der Waals surface area contributed by atoms with E-state index >= 15 is 0 Å². The molecule has 9 heteroatoms. The van der Waals surface area contributed by atoms with Crippen LogP contribution >= 0.6 is 0 Å². The highest BCUT2D eigenvalue weighted by Crippen LogP contribution is 2.31. The van der Waals surface area contributed by atoms with Crippen LogP contribution in [0.25, 0.3) is 0 Å². The summed E-state index contributed by atoms with van der Waals surface area (Å²) in [4.78, 5) is 11.9. The topological polar surface area (TPSA) is 127 Å². The molecule has 8 nitrogen and oxygen atoms in total. The van der Waals surface area contributed by atoms with Crippen molar-refractivity contribution in [2.75, 3.05) is 6.54 Å². The minimum atomic E-state index is -3.86. The van der Waals surface area contributed by atoms with Crippen LogP contribution in [0.2, 0.25) is 0 Å². The largest absolute Gasteiger partial charge is 0.360 e. The Hall–Kier alpha value is -1.45. The lowest BCUT2D eigenvalue weighted by Gasteiger charge is -2.16. The van der Waals surface area contributed by atoms with Gasteiger partial charge in [0, 0.05) is 12.6 Å². The Morgan fingerprint density at radius 3 is 2.59 bits per heavy atom. The molecule has 0 saturated heterocycles. The van der Waals surface area contributed by atoms with Crippen LogP contribution in [0.3, 0.4) is 0 Å². The molecule has 2 atom stereocenters. The smallest absolute Gasteiger partial charge is 0.246 e. The van der Waals surface area contributed by atoms with Crippen LogP contribution in [-0.2, 0) is 14.8 Å². The zero-order valence-corrected chi connectivity index (χ0v) is 13.7. The van der Waals surface area contributed by atoms with Crippen molar-refractivity contribution < 1.29 is 17.7 Å². The summed E-state index contributed by atoms with van der Waals surface area (Å²) in [6, 6.07) is -0.986. The maximum absolute atomic E-state index is 12.3. The summed E-state index contributed by atoms with van der Waals surface area (Å²) < 4.78 is 31.8. The number of rotatable bonds is 7. The minimum Gasteiger partial charge on any atom is -0.360 e. The molecule has 1 amide bonds. The first-order valence-electron chi connectivity index (χ1n) is 7.21. The lowest BCUT2D eigenvalue weighted by Crippen LogP contribution is -2.48. The van der Waals surface area contributed by atoms with Crippen LogP contribution in [0, 0.1) is 19.8 Å². The van der Waals surface area contributed by atoms with E-state index in [1.807, 2.05) is 0 Å². The van der Waals surface area contributed by atoms with E-state index in [1.165, 1.54) is 20.8 Å². The molecule has 0 bridgehead atoms. The van der Waals surface area contributed by atoms with Crippen LogP contribution in [0.5, 0.6) is 0 Å². The first kappa shape index (κ1) is 16.9. The van der Waals surface area contributed by atoms with E-state index < -0.39 is 22.0 Å². The van der Waals surface area contributed by atoms with Crippen molar-refractivity contribution in [3.8, 4) is 0 Å². The van der Waals surface area contributed by atoms with Crippen LogP contribution in [0.15, 0.2) is 9.42 Å². The van der Waals surface area contributed by atoms with Crippen molar-refractivity contribution >= 4 is 15.9 Å². The van der Waals surface area contributed by atoms with Crippen molar-refractivity contribution in [1.82, 2.24) is 15.2 Å². The second-order valence-corrected chi connectivity index (χ2v) is 7.39. The summed E-state index contributed by atoms with van der Waals surface area (Å²) in [6.45, 7) is 4.87. The zero-order valence-electron chi connectivity index (χ0n) is 12.9. The van der Waals surface area contributed by atoms with Crippen molar-refractivity contribution in [2.45, 2.75) is 50.6 Å². The number of hydrogen-bond acceptors (Lipinski definition) is 6. The van der Waals surface area contributed by atoms with Gasteiger partial charge in [-0.3, -0.25) is 4.79 Å². The second-order valence-electron chi connectivity index (χ2n) is 5.74. The third-order valence-electron chi connectivity index (χ3n) is 3.70. The van der Waals surface area contributed by atoms with Gasteiger partial charge in [-0.1, -0.05) is 5.16 Å². The Kier molecular flexibility index (Phi) is 4.88. The molecule has 4 N–H and O–H groups in total. The Bertz CT molecular complexity index is 631. The Morgan fingerprint density at radius 2 is 2.09 bits per heavy atom. The van der Waals surface area contributed by atoms with Gasteiger partial charge in [0.25, 0.3) is 0 Å². The van der Waals surface area contributed by atoms with Crippen molar-refractivity contribution in [3.63, 3.8) is 0 Å². The van der Waals surface area contributed by atoms with Gasteiger partial charge in [0.05, 0.1) is 6.04 Å². The quantitative estimate of drug-likeness (QED) is 0.636. The average Bonchev–Trinajstić information content (AvgIpc) is 3.21. The Balaban J connectivity index is 1.95.